The van der Waals surface area contributed by atoms with Gasteiger partial charge in [-0.25, -0.2) is 20.5 Å². The van der Waals surface area contributed by atoms with Gasteiger partial charge in [-0.05, 0) is 0 Å². The summed E-state index contributed by atoms with van der Waals surface area (Å²) in [5.74, 6) is 0.512. The van der Waals surface area contributed by atoms with Crippen molar-refractivity contribution >= 4 is 110 Å². The molecule has 0 atom stereocenters. The maximum Gasteiger partial charge on any atom is 0.350 e. The predicted molar refractivity (Wildman–Crippen MR) is 162 cm³/mol. The van der Waals surface area contributed by atoms with Crippen molar-refractivity contribution in [2.75, 3.05) is 14.2 Å². The number of aromatic nitrogens is 4. The number of nitrogens with zero attached hydrogens (tertiary/aromatic N) is 10. The Bertz CT molecular complexity index is 2070. The Labute approximate surface area is 250 Å². The Morgan fingerprint density at radius 3 is 1.56 bits per heavy atom. The zero-order valence-corrected chi connectivity index (χ0v) is 24.6. The number of fused-ring (bicyclic) bond motifs is 6. The van der Waals surface area contributed by atoms with E-state index in [0.29, 0.717) is 63.3 Å². The molecule has 5 aromatic heterocycles. The third-order valence-corrected chi connectivity index (χ3v) is 10.6. The normalized spacial score (nSPS) is 11.9. The van der Waals surface area contributed by atoms with Crippen molar-refractivity contribution in [3.05, 3.63) is 35.0 Å². The van der Waals surface area contributed by atoms with E-state index in [1.165, 1.54) is 59.6 Å². The Morgan fingerprint density at radius 1 is 0.756 bits per heavy atom. The molecule has 41 heavy (non-hydrogen) atoms. The van der Waals surface area contributed by atoms with E-state index < -0.39 is 0 Å². The van der Waals surface area contributed by atoms with Crippen LogP contribution in [0.2, 0.25) is 0 Å². The molecule has 0 aliphatic rings. The van der Waals surface area contributed by atoms with Crippen LogP contribution >= 0.6 is 57.1 Å². The van der Waals surface area contributed by atoms with Crippen LogP contribution in [0.3, 0.4) is 0 Å². The highest BCUT2D eigenvalue weighted by molar-refractivity contribution is 7.32. The summed E-state index contributed by atoms with van der Waals surface area (Å²) in [6.07, 6.45) is 0. The van der Waals surface area contributed by atoms with Crippen molar-refractivity contribution in [2.45, 2.75) is 0 Å². The quantitative estimate of drug-likeness (QED) is 0.106. The third-order valence-electron chi connectivity index (χ3n) is 5.44. The van der Waals surface area contributed by atoms with Crippen LogP contribution in [0.5, 0.6) is 11.5 Å². The Morgan fingerprint density at radius 2 is 1.20 bits per heavy atom. The van der Waals surface area contributed by atoms with E-state index in [-0.39, 0.29) is 11.7 Å². The predicted octanol–water partition coefficient (Wildman–Crippen LogP) is 7.33. The molecular weight excluding hydrogens is 621 g/mol. The highest BCUT2D eigenvalue weighted by Gasteiger charge is 2.25. The van der Waals surface area contributed by atoms with E-state index in [1.54, 1.807) is 24.3 Å². The number of rotatable bonds is 6. The summed E-state index contributed by atoms with van der Waals surface area (Å²) in [6.45, 7) is 14.2. The number of methoxy groups -OCH3 is 2. The fourth-order valence-corrected chi connectivity index (χ4v) is 8.73. The van der Waals surface area contributed by atoms with E-state index in [1.807, 2.05) is 0 Å². The van der Waals surface area contributed by atoms with Gasteiger partial charge in [-0.1, -0.05) is 45.8 Å². The standard InChI is InChI=1S/C24H8N10O2S5/c1-27-11(7-25)29-13-5-9(35-3)19(37-13)23-31-17-15-16(34-41-33-15)18-22(21(17)39-23)40-24(32-18)20-10(36-4)6-14(38-20)30-12(8-26)28-2/h5-6H,3-4H3/b29-11-,30-12+. The first kappa shape index (κ1) is 26.3. The molecule has 0 aliphatic carbocycles. The molecular formula is C24H8N10O2S5. The van der Waals surface area contributed by atoms with Gasteiger partial charge in [0.05, 0.1) is 35.3 Å². The van der Waals surface area contributed by atoms with E-state index in [4.69, 9.17) is 43.1 Å². The Hall–Kier alpha value is -4.88. The van der Waals surface area contributed by atoms with Gasteiger partial charge in [0, 0.05) is 12.1 Å². The molecule has 0 bridgehead atoms. The summed E-state index contributed by atoms with van der Waals surface area (Å²) in [4.78, 5) is 25.7. The monoisotopic (exact) mass is 628 g/mol. The minimum absolute atomic E-state index is 0.269. The van der Waals surface area contributed by atoms with Gasteiger partial charge in [0.15, 0.2) is 0 Å². The molecule has 0 fully saturated rings. The molecule has 0 amide bonds. The second kappa shape index (κ2) is 10.6. The summed E-state index contributed by atoms with van der Waals surface area (Å²) in [6, 6.07) is 6.89. The Balaban J connectivity index is 1.55. The lowest BCUT2D eigenvalue weighted by Gasteiger charge is -1.96. The lowest BCUT2D eigenvalue weighted by Crippen LogP contribution is -1.82. The van der Waals surface area contributed by atoms with Gasteiger partial charge < -0.3 is 19.2 Å². The highest BCUT2D eigenvalue weighted by atomic mass is 32.1. The van der Waals surface area contributed by atoms with Gasteiger partial charge >= 0.3 is 11.7 Å². The van der Waals surface area contributed by atoms with Crippen molar-refractivity contribution in [3.63, 3.8) is 0 Å². The van der Waals surface area contributed by atoms with Crippen LogP contribution in [0, 0.1) is 35.8 Å². The summed E-state index contributed by atoms with van der Waals surface area (Å²) >= 11 is 6.49. The van der Waals surface area contributed by atoms with E-state index in [0.717, 1.165) is 21.1 Å². The SMILES string of the molecule is [C-]#[N+]/C(C#N)=N\c1cc(OC)c(-c2nc3c4nsnc4c4nc(-c5sc(/N=C(\C#N)[N+]#[C-])cc5OC)sc4c3s2)s1. The first-order valence-corrected chi connectivity index (χ1v) is 15.0. The van der Waals surface area contributed by atoms with E-state index >= 15 is 0 Å². The third kappa shape index (κ3) is 4.44. The van der Waals surface area contributed by atoms with Crippen LogP contribution in [0.15, 0.2) is 22.1 Å². The van der Waals surface area contributed by atoms with Crippen LogP contribution in [-0.4, -0.2) is 44.6 Å². The minimum atomic E-state index is -0.269. The fraction of sp³-hybridized carbons (Fsp3) is 0.0833. The number of hydrogen-bond donors (Lipinski definition) is 0. The Kier molecular flexibility index (Phi) is 6.81. The molecule has 1 aromatic carbocycles. The zero-order valence-electron chi connectivity index (χ0n) is 20.5. The van der Waals surface area contributed by atoms with Gasteiger partial charge in [-0.15, -0.1) is 22.7 Å². The van der Waals surface area contributed by atoms with Crippen molar-refractivity contribution in [3.8, 4) is 43.4 Å². The number of thiophene rings is 2. The van der Waals surface area contributed by atoms with E-state index in [2.05, 4.69) is 28.4 Å². The molecule has 0 N–H and O–H groups in total. The summed E-state index contributed by atoms with van der Waals surface area (Å²) < 4.78 is 21.9. The molecule has 6 rings (SSSR count). The maximum absolute atomic E-state index is 9.11. The van der Waals surface area contributed by atoms with Gasteiger partial charge in [-0.3, -0.25) is 0 Å². The first-order chi connectivity index (χ1) is 20.0. The fourth-order valence-electron chi connectivity index (χ4n) is 3.76. The molecule has 5 heterocycles. The molecule has 6 aromatic rings. The van der Waals surface area contributed by atoms with Gasteiger partial charge in [0.2, 0.25) is 10.0 Å². The molecule has 0 radical (unpaired) electrons. The van der Waals surface area contributed by atoms with Crippen molar-refractivity contribution in [1.82, 2.24) is 18.7 Å². The van der Waals surface area contributed by atoms with Crippen LogP contribution < -0.4 is 9.47 Å². The van der Waals surface area contributed by atoms with Gasteiger partial charge in [-0.2, -0.15) is 8.75 Å². The number of nitriles is 2. The smallest absolute Gasteiger partial charge is 0.350 e. The minimum Gasteiger partial charge on any atom is -0.495 e. The molecule has 196 valence electrons. The average Bonchev–Trinajstić information content (AvgIpc) is 3.81. The zero-order chi connectivity index (χ0) is 28.7. The summed E-state index contributed by atoms with van der Waals surface area (Å²) in [7, 11) is 3.07. The van der Waals surface area contributed by atoms with Crippen LogP contribution in [-0.2, 0) is 0 Å². The van der Waals surface area contributed by atoms with E-state index in [9.17, 15) is 0 Å². The molecule has 0 saturated heterocycles. The average molecular weight is 629 g/mol. The maximum atomic E-state index is 9.11. The molecule has 0 aliphatic heterocycles. The number of thiazole rings is 2. The van der Waals surface area contributed by atoms with Crippen LogP contribution in [0.4, 0.5) is 10.0 Å². The molecule has 0 spiro atoms. The van der Waals surface area contributed by atoms with Crippen LogP contribution in [0.25, 0.3) is 60.9 Å². The second-order valence-corrected chi connectivity index (χ2v) is 12.2. The summed E-state index contributed by atoms with van der Waals surface area (Å²) in [5, 5.41) is 20.4. The van der Waals surface area contributed by atoms with Crippen molar-refractivity contribution in [1.29, 1.82) is 10.5 Å². The van der Waals surface area contributed by atoms with Gasteiger partial charge in [0.25, 0.3) is 0 Å². The van der Waals surface area contributed by atoms with Crippen LogP contribution in [0.1, 0.15) is 0 Å². The largest absolute Gasteiger partial charge is 0.495 e. The van der Waals surface area contributed by atoms with Crippen molar-refractivity contribution in [2.24, 2.45) is 9.98 Å². The number of ether oxygens (including phenoxy) is 2. The molecule has 0 saturated carbocycles. The van der Waals surface area contributed by atoms with Gasteiger partial charge in [0.1, 0.15) is 65.5 Å². The molecule has 0 unspecified atom stereocenters. The lowest BCUT2D eigenvalue weighted by molar-refractivity contribution is 0.418. The number of aliphatic imine (C=N–C) groups is 2. The highest BCUT2D eigenvalue weighted by Crippen LogP contribution is 2.50. The first-order valence-electron chi connectivity index (χ1n) is 11.0. The number of benzene rings is 1. The topological polar surface area (TPSA) is 151 Å². The molecule has 12 nitrogen and oxygen atoms in total. The number of amidine groups is 2. The molecule has 17 heteroatoms. The number of hydrogen-bond acceptors (Lipinski definition) is 15. The second-order valence-electron chi connectivity index (χ2n) is 7.64. The van der Waals surface area contributed by atoms with Crippen molar-refractivity contribution < 1.29 is 9.47 Å². The summed E-state index contributed by atoms with van der Waals surface area (Å²) in [5.41, 5.74) is 2.61. The lowest BCUT2D eigenvalue weighted by atomic mass is 10.2.